The van der Waals surface area contributed by atoms with Gasteiger partial charge in [0.05, 0.1) is 6.10 Å². The number of carbonyl (C=O) groups is 1. The second kappa shape index (κ2) is 7.40. The summed E-state index contributed by atoms with van der Waals surface area (Å²) >= 11 is 0. The third-order valence-corrected chi connectivity index (χ3v) is 5.21. The van der Waals surface area contributed by atoms with Gasteiger partial charge < -0.3 is 19.9 Å². The number of H-pyrrole nitrogens is 1. The van der Waals surface area contributed by atoms with Crippen LogP contribution in [0.1, 0.15) is 41.7 Å². The lowest BCUT2D eigenvalue weighted by molar-refractivity contribution is -0.141. The highest BCUT2D eigenvalue weighted by molar-refractivity contribution is 5.93. The summed E-state index contributed by atoms with van der Waals surface area (Å²) in [5.74, 6) is -0.535. The van der Waals surface area contributed by atoms with Crippen LogP contribution < -0.4 is 5.56 Å². The SMILES string of the molecule is O=C(c1ccc(C(F)(F)F)[nH]c1=O)N1CCC(N2CCC(O)CC2)CC1. The number of amides is 1. The zero-order valence-electron chi connectivity index (χ0n) is 14.3. The molecule has 3 rings (SSSR count). The van der Waals surface area contributed by atoms with E-state index in [0.29, 0.717) is 19.1 Å². The molecule has 0 saturated carbocycles. The molecule has 0 aliphatic carbocycles. The number of nitrogens with one attached hydrogen (secondary N) is 1. The zero-order chi connectivity index (χ0) is 18.9. The Kier molecular flexibility index (Phi) is 5.38. The maximum atomic E-state index is 12.6. The molecule has 2 aliphatic rings. The van der Waals surface area contributed by atoms with Gasteiger partial charge >= 0.3 is 6.18 Å². The van der Waals surface area contributed by atoms with Crippen LogP contribution in [0.5, 0.6) is 0 Å². The van der Waals surface area contributed by atoms with Gasteiger partial charge in [-0.2, -0.15) is 13.2 Å². The number of hydrogen-bond donors (Lipinski definition) is 2. The number of halogens is 3. The molecule has 2 N–H and O–H groups in total. The predicted molar refractivity (Wildman–Crippen MR) is 87.8 cm³/mol. The van der Waals surface area contributed by atoms with E-state index in [-0.39, 0.29) is 11.7 Å². The number of rotatable bonds is 2. The molecule has 0 aromatic carbocycles. The molecule has 6 nitrogen and oxygen atoms in total. The standard InChI is InChI=1S/C17H22F3N3O3/c18-17(19,20)14-2-1-13(15(25)21-14)16(26)23-7-3-11(4-8-23)22-9-5-12(24)6-10-22/h1-2,11-12,24H,3-10H2,(H,21,25). The van der Waals surface area contributed by atoms with E-state index >= 15 is 0 Å². The van der Waals surface area contributed by atoms with Crippen LogP contribution in [0.3, 0.4) is 0 Å². The Morgan fingerprint density at radius 1 is 1.08 bits per heavy atom. The summed E-state index contributed by atoms with van der Waals surface area (Å²) in [7, 11) is 0. The van der Waals surface area contributed by atoms with Crippen molar-refractivity contribution in [3.05, 3.63) is 33.7 Å². The number of alkyl halides is 3. The fourth-order valence-corrected chi connectivity index (χ4v) is 3.66. The second-order valence-corrected chi connectivity index (χ2v) is 6.90. The van der Waals surface area contributed by atoms with Crippen LogP contribution in [-0.2, 0) is 6.18 Å². The van der Waals surface area contributed by atoms with Crippen LogP contribution in [0.15, 0.2) is 16.9 Å². The average molecular weight is 373 g/mol. The van der Waals surface area contributed by atoms with Crippen molar-refractivity contribution in [3.63, 3.8) is 0 Å². The quantitative estimate of drug-likeness (QED) is 0.823. The molecule has 1 aromatic rings. The first-order valence-electron chi connectivity index (χ1n) is 8.77. The number of carbonyl (C=O) groups excluding carboxylic acids is 1. The first-order valence-corrected chi connectivity index (χ1v) is 8.77. The summed E-state index contributed by atoms with van der Waals surface area (Å²) in [6.07, 6.45) is -1.89. The van der Waals surface area contributed by atoms with Gasteiger partial charge in [-0.25, -0.2) is 0 Å². The summed E-state index contributed by atoms with van der Waals surface area (Å²) in [6.45, 7) is 2.59. The van der Waals surface area contributed by atoms with E-state index in [2.05, 4.69) is 4.90 Å². The normalized spacial score (nSPS) is 21.2. The van der Waals surface area contributed by atoms with Crippen molar-refractivity contribution in [1.82, 2.24) is 14.8 Å². The smallest absolute Gasteiger partial charge is 0.393 e. The minimum Gasteiger partial charge on any atom is -0.393 e. The molecule has 9 heteroatoms. The number of aliphatic hydroxyl groups is 1. The number of aromatic amines is 1. The molecular weight excluding hydrogens is 351 g/mol. The van der Waals surface area contributed by atoms with Crippen molar-refractivity contribution < 1.29 is 23.1 Å². The van der Waals surface area contributed by atoms with Gasteiger partial charge in [-0.1, -0.05) is 0 Å². The lowest BCUT2D eigenvalue weighted by Gasteiger charge is -2.41. The Morgan fingerprint density at radius 3 is 2.23 bits per heavy atom. The fourth-order valence-electron chi connectivity index (χ4n) is 3.66. The maximum Gasteiger partial charge on any atom is 0.431 e. The van der Waals surface area contributed by atoms with E-state index < -0.39 is 23.3 Å². The number of pyridine rings is 1. The monoisotopic (exact) mass is 373 g/mol. The number of likely N-dealkylation sites (tertiary alicyclic amines) is 2. The average Bonchev–Trinajstić information content (AvgIpc) is 2.61. The highest BCUT2D eigenvalue weighted by Gasteiger charge is 2.33. The second-order valence-electron chi connectivity index (χ2n) is 6.90. The molecule has 3 heterocycles. The summed E-state index contributed by atoms with van der Waals surface area (Å²) in [6, 6.07) is 2.00. The Hall–Kier alpha value is -1.87. The number of aromatic nitrogens is 1. The molecule has 0 atom stereocenters. The van der Waals surface area contributed by atoms with Crippen LogP contribution in [0.25, 0.3) is 0 Å². The molecule has 2 aliphatic heterocycles. The third kappa shape index (κ3) is 4.09. The first kappa shape index (κ1) is 18.9. The van der Waals surface area contributed by atoms with E-state index in [1.807, 2.05) is 0 Å². The lowest BCUT2D eigenvalue weighted by atomic mass is 9.98. The minimum atomic E-state index is -4.65. The van der Waals surface area contributed by atoms with Crippen LogP contribution >= 0.6 is 0 Å². The Balaban J connectivity index is 1.61. The number of piperidine rings is 2. The highest BCUT2D eigenvalue weighted by atomic mass is 19.4. The predicted octanol–water partition coefficient (Wildman–Crippen LogP) is 1.45. The summed E-state index contributed by atoms with van der Waals surface area (Å²) in [5, 5.41) is 9.58. The highest BCUT2D eigenvalue weighted by Crippen LogP contribution is 2.27. The molecule has 2 saturated heterocycles. The molecule has 26 heavy (non-hydrogen) atoms. The van der Waals surface area contributed by atoms with E-state index in [1.165, 1.54) is 4.90 Å². The van der Waals surface area contributed by atoms with Gasteiger partial charge in [-0.15, -0.1) is 0 Å². The molecule has 0 bridgehead atoms. The molecule has 2 fully saturated rings. The first-order chi connectivity index (χ1) is 12.3. The topological polar surface area (TPSA) is 76.6 Å². The number of nitrogens with zero attached hydrogens (tertiary/aromatic N) is 2. The van der Waals surface area contributed by atoms with Gasteiger partial charge in [0.25, 0.3) is 11.5 Å². The van der Waals surface area contributed by atoms with Gasteiger partial charge in [0.15, 0.2) is 0 Å². The lowest BCUT2D eigenvalue weighted by Crippen LogP contribution is -2.50. The van der Waals surface area contributed by atoms with Crippen molar-refractivity contribution >= 4 is 5.91 Å². The molecular formula is C17H22F3N3O3. The van der Waals surface area contributed by atoms with Gasteiger partial charge in [-0.3, -0.25) is 9.59 Å². The summed E-state index contributed by atoms with van der Waals surface area (Å²) in [5.41, 5.74) is -2.44. The Morgan fingerprint density at radius 2 is 1.69 bits per heavy atom. The van der Waals surface area contributed by atoms with Crippen molar-refractivity contribution in [2.75, 3.05) is 26.2 Å². The molecule has 0 spiro atoms. The van der Waals surface area contributed by atoms with Crippen LogP contribution in [0.4, 0.5) is 13.2 Å². The van der Waals surface area contributed by atoms with E-state index in [4.69, 9.17) is 0 Å². The molecule has 0 unspecified atom stereocenters. The van der Waals surface area contributed by atoms with Crippen molar-refractivity contribution in [1.29, 1.82) is 0 Å². The largest absolute Gasteiger partial charge is 0.431 e. The minimum absolute atomic E-state index is 0.237. The van der Waals surface area contributed by atoms with Gasteiger partial charge in [-0.05, 0) is 37.8 Å². The van der Waals surface area contributed by atoms with Crippen molar-refractivity contribution in [3.8, 4) is 0 Å². The van der Waals surface area contributed by atoms with Crippen molar-refractivity contribution in [2.24, 2.45) is 0 Å². The number of hydrogen-bond acceptors (Lipinski definition) is 4. The Labute approximate surface area is 148 Å². The molecule has 0 radical (unpaired) electrons. The van der Waals surface area contributed by atoms with E-state index in [1.54, 1.807) is 4.98 Å². The summed E-state index contributed by atoms with van der Waals surface area (Å²) in [4.78, 5) is 29.9. The Bertz CT molecular complexity index is 703. The van der Waals surface area contributed by atoms with Crippen LogP contribution in [-0.4, -0.2) is 64.1 Å². The van der Waals surface area contributed by atoms with Gasteiger partial charge in [0.1, 0.15) is 11.3 Å². The van der Waals surface area contributed by atoms with Gasteiger partial charge in [0.2, 0.25) is 0 Å². The fraction of sp³-hybridized carbons (Fsp3) is 0.647. The van der Waals surface area contributed by atoms with E-state index in [9.17, 15) is 27.9 Å². The molecule has 144 valence electrons. The number of aliphatic hydroxyl groups excluding tert-OH is 1. The molecule has 1 aromatic heterocycles. The van der Waals surface area contributed by atoms with Crippen LogP contribution in [0.2, 0.25) is 0 Å². The van der Waals surface area contributed by atoms with Crippen molar-refractivity contribution in [2.45, 2.75) is 44.0 Å². The van der Waals surface area contributed by atoms with E-state index in [0.717, 1.165) is 50.9 Å². The summed E-state index contributed by atoms with van der Waals surface area (Å²) < 4.78 is 37.8. The zero-order valence-corrected chi connectivity index (χ0v) is 14.3. The van der Waals surface area contributed by atoms with Gasteiger partial charge in [0, 0.05) is 32.2 Å². The van der Waals surface area contributed by atoms with Crippen LogP contribution in [0, 0.1) is 0 Å². The molecule has 1 amide bonds. The third-order valence-electron chi connectivity index (χ3n) is 5.21. The maximum absolute atomic E-state index is 12.6.